The van der Waals surface area contributed by atoms with Crippen molar-refractivity contribution in [3.63, 3.8) is 0 Å². The average Bonchev–Trinajstić information content (AvgIpc) is 3.13. The first-order chi connectivity index (χ1) is 13.6. The van der Waals surface area contributed by atoms with E-state index >= 15 is 0 Å². The number of nitrogens with two attached hydrogens (primary N) is 1. The molecule has 0 saturated heterocycles. The number of nitrogens with zero attached hydrogens (tertiary/aromatic N) is 2. The molecule has 5 nitrogen and oxygen atoms in total. The highest BCUT2D eigenvalue weighted by Crippen LogP contribution is 2.31. The van der Waals surface area contributed by atoms with Crippen molar-refractivity contribution >= 4 is 39.0 Å². The first kappa shape index (κ1) is 18.1. The zero-order valence-electron chi connectivity index (χ0n) is 15.5. The second-order valence-corrected chi connectivity index (χ2v) is 7.62. The van der Waals surface area contributed by atoms with Crippen molar-refractivity contribution in [2.75, 3.05) is 5.32 Å². The van der Waals surface area contributed by atoms with Gasteiger partial charge < -0.3 is 11.1 Å². The third-order valence-corrected chi connectivity index (χ3v) is 5.65. The van der Waals surface area contributed by atoms with Crippen molar-refractivity contribution in [3.05, 3.63) is 82.5 Å². The highest BCUT2D eigenvalue weighted by molar-refractivity contribution is 7.18. The lowest BCUT2D eigenvalue weighted by Crippen LogP contribution is -2.10. The third kappa shape index (κ3) is 3.87. The Morgan fingerprint density at radius 1 is 1.07 bits per heavy atom. The van der Waals surface area contributed by atoms with Gasteiger partial charge in [0, 0.05) is 22.5 Å². The number of carbonyl (C=O) groups excluding carboxylic acids is 1. The van der Waals surface area contributed by atoms with Crippen LogP contribution >= 0.6 is 11.3 Å². The lowest BCUT2D eigenvalue weighted by Gasteiger charge is -2.09. The number of carbonyl (C=O) groups is 1. The highest BCUT2D eigenvalue weighted by Gasteiger charge is 2.12. The molecule has 0 fully saturated rings. The zero-order valence-corrected chi connectivity index (χ0v) is 16.3. The van der Waals surface area contributed by atoms with Crippen LogP contribution in [0.2, 0.25) is 0 Å². The predicted molar refractivity (Wildman–Crippen MR) is 114 cm³/mol. The van der Waals surface area contributed by atoms with Gasteiger partial charge in [-0.1, -0.05) is 37.3 Å². The Balaban J connectivity index is 1.72. The summed E-state index contributed by atoms with van der Waals surface area (Å²) >= 11 is 1.70. The quantitative estimate of drug-likeness (QED) is 0.502. The van der Waals surface area contributed by atoms with Crippen LogP contribution in [0.25, 0.3) is 10.2 Å². The van der Waals surface area contributed by atoms with E-state index in [1.807, 2.05) is 30.3 Å². The van der Waals surface area contributed by atoms with Crippen LogP contribution in [0.15, 0.2) is 60.7 Å². The van der Waals surface area contributed by atoms with Gasteiger partial charge in [0.05, 0.1) is 5.39 Å². The van der Waals surface area contributed by atoms with Crippen molar-refractivity contribution < 1.29 is 4.79 Å². The normalized spacial score (nSPS) is 10.9. The number of fused-ring (bicyclic) bond motifs is 1. The number of hydrogen-bond donors (Lipinski definition) is 2. The molecule has 6 heteroatoms. The van der Waals surface area contributed by atoms with Crippen molar-refractivity contribution in [2.45, 2.75) is 19.8 Å². The number of primary amides is 1. The van der Waals surface area contributed by atoms with Gasteiger partial charge in [0.15, 0.2) is 0 Å². The van der Waals surface area contributed by atoms with Gasteiger partial charge in [0.25, 0.3) is 0 Å². The van der Waals surface area contributed by atoms with Gasteiger partial charge in [-0.25, -0.2) is 9.97 Å². The van der Waals surface area contributed by atoms with E-state index in [4.69, 9.17) is 15.7 Å². The topological polar surface area (TPSA) is 80.9 Å². The molecule has 140 valence electrons. The number of rotatable bonds is 6. The van der Waals surface area contributed by atoms with E-state index in [1.54, 1.807) is 23.5 Å². The summed E-state index contributed by atoms with van der Waals surface area (Å²) in [5.74, 6) is 1.12. The summed E-state index contributed by atoms with van der Waals surface area (Å²) in [4.78, 5) is 23.1. The second kappa shape index (κ2) is 7.78. The molecule has 2 aromatic heterocycles. The molecule has 4 rings (SSSR count). The average molecular weight is 388 g/mol. The lowest BCUT2D eigenvalue weighted by molar-refractivity contribution is 0.100. The highest BCUT2D eigenvalue weighted by atomic mass is 32.1. The van der Waals surface area contributed by atoms with E-state index in [1.165, 1.54) is 10.4 Å². The van der Waals surface area contributed by atoms with Gasteiger partial charge in [-0.15, -0.1) is 11.3 Å². The Bertz CT molecular complexity index is 1120. The molecule has 0 radical (unpaired) electrons. The van der Waals surface area contributed by atoms with Gasteiger partial charge >= 0.3 is 0 Å². The molecule has 0 aliphatic heterocycles. The number of aryl methyl sites for hydroxylation is 1. The summed E-state index contributed by atoms with van der Waals surface area (Å²) in [7, 11) is 0. The van der Waals surface area contributed by atoms with E-state index < -0.39 is 5.91 Å². The Morgan fingerprint density at radius 2 is 1.82 bits per heavy atom. The Labute approximate surface area is 167 Å². The van der Waals surface area contributed by atoms with Crippen LogP contribution in [0.4, 0.5) is 11.5 Å². The number of nitrogens with one attached hydrogen (secondary N) is 1. The van der Waals surface area contributed by atoms with Crippen LogP contribution in [-0.4, -0.2) is 15.9 Å². The molecule has 2 heterocycles. The fourth-order valence-electron chi connectivity index (χ4n) is 3.00. The van der Waals surface area contributed by atoms with Gasteiger partial charge in [-0.05, 0) is 42.3 Å². The molecule has 0 unspecified atom stereocenters. The standard InChI is InChI=1S/C22H20N4OS/c1-2-17-13-18-21(24-16-10-8-15(9-11-16)20(23)27)25-19(26-22(18)28-17)12-14-6-4-3-5-7-14/h3-11,13H,2,12H2,1H3,(H2,23,27)(H,24,25,26). The van der Waals surface area contributed by atoms with Crippen LogP contribution in [0.3, 0.4) is 0 Å². The largest absolute Gasteiger partial charge is 0.366 e. The summed E-state index contributed by atoms with van der Waals surface area (Å²) in [5.41, 5.74) is 7.82. The first-order valence-electron chi connectivity index (χ1n) is 9.12. The van der Waals surface area contributed by atoms with E-state index in [2.05, 4.69) is 30.4 Å². The number of thiophene rings is 1. The molecule has 0 aliphatic carbocycles. The lowest BCUT2D eigenvalue weighted by atomic mass is 10.1. The minimum absolute atomic E-state index is 0.438. The number of amides is 1. The first-order valence-corrected chi connectivity index (χ1v) is 9.94. The van der Waals surface area contributed by atoms with Crippen LogP contribution in [0, 0.1) is 0 Å². The molecule has 4 aromatic rings. The molecule has 28 heavy (non-hydrogen) atoms. The number of hydrogen-bond acceptors (Lipinski definition) is 5. The van der Waals surface area contributed by atoms with E-state index in [0.29, 0.717) is 12.0 Å². The van der Waals surface area contributed by atoms with Crippen LogP contribution in [0.1, 0.15) is 33.5 Å². The smallest absolute Gasteiger partial charge is 0.248 e. The molecule has 0 spiro atoms. The van der Waals surface area contributed by atoms with E-state index in [-0.39, 0.29) is 0 Å². The van der Waals surface area contributed by atoms with Crippen molar-refractivity contribution in [1.82, 2.24) is 9.97 Å². The molecular formula is C22H20N4OS. The number of anilines is 2. The molecule has 3 N–H and O–H groups in total. The molecule has 0 bridgehead atoms. The third-order valence-electron chi connectivity index (χ3n) is 4.48. The number of aromatic nitrogens is 2. The Morgan fingerprint density at radius 3 is 2.50 bits per heavy atom. The van der Waals surface area contributed by atoms with Crippen LogP contribution in [-0.2, 0) is 12.8 Å². The fourth-order valence-corrected chi connectivity index (χ4v) is 3.98. The van der Waals surface area contributed by atoms with Gasteiger partial charge in [-0.3, -0.25) is 4.79 Å². The summed E-state index contributed by atoms with van der Waals surface area (Å²) in [5, 5.41) is 4.39. The molecule has 0 saturated carbocycles. The monoisotopic (exact) mass is 388 g/mol. The van der Waals surface area contributed by atoms with E-state index in [0.717, 1.165) is 34.0 Å². The molecule has 0 atom stereocenters. The summed E-state index contributed by atoms with van der Waals surface area (Å²) < 4.78 is 0. The van der Waals surface area contributed by atoms with Gasteiger partial charge in [-0.2, -0.15) is 0 Å². The molecule has 0 aliphatic rings. The summed E-state index contributed by atoms with van der Waals surface area (Å²) in [6.45, 7) is 2.14. The number of benzene rings is 2. The molecular weight excluding hydrogens is 368 g/mol. The Kier molecular flexibility index (Phi) is 5.04. The fraction of sp³-hybridized carbons (Fsp3) is 0.136. The minimum atomic E-state index is -0.438. The Hall–Kier alpha value is -3.25. The SMILES string of the molecule is CCc1cc2c(Nc3ccc(C(N)=O)cc3)nc(Cc3ccccc3)nc2s1. The minimum Gasteiger partial charge on any atom is -0.366 e. The zero-order chi connectivity index (χ0) is 19.5. The van der Waals surface area contributed by atoms with Gasteiger partial charge in [0.1, 0.15) is 16.5 Å². The van der Waals surface area contributed by atoms with Crippen molar-refractivity contribution in [2.24, 2.45) is 5.73 Å². The van der Waals surface area contributed by atoms with Crippen molar-refractivity contribution in [1.29, 1.82) is 0 Å². The predicted octanol–water partition coefficient (Wildman–Crippen LogP) is 4.69. The van der Waals surface area contributed by atoms with Crippen LogP contribution < -0.4 is 11.1 Å². The maximum atomic E-state index is 11.3. The maximum absolute atomic E-state index is 11.3. The second-order valence-electron chi connectivity index (χ2n) is 6.50. The maximum Gasteiger partial charge on any atom is 0.248 e. The van der Waals surface area contributed by atoms with Gasteiger partial charge in [0.2, 0.25) is 5.91 Å². The van der Waals surface area contributed by atoms with Crippen molar-refractivity contribution in [3.8, 4) is 0 Å². The molecule has 1 amide bonds. The molecule has 2 aromatic carbocycles. The summed E-state index contributed by atoms with van der Waals surface area (Å²) in [6.07, 6.45) is 1.63. The summed E-state index contributed by atoms with van der Waals surface area (Å²) in [6, 6.07) is 19.4. The van der Waals surface area contributed by atoms with Crippen LogP contribution in [0.5, 0.6) is 0 Å². The van der Waals surface area contributed by atoms with E-state index in [9.17, 15) is 4.79 Å².